The predicted octanol–water partition coefficient (Wildman–Crippen LogP) is 3.50. The van der Waals surface area contributed by atoms with Gasteiger partial charge >= 0.3 is 5.97 Å². The highest BCUT2D eigenvalue weighted by atomic mass is 32.1. The molecule has 0 aliphatic rings. The maximum atomic E-state index is 13.0. The van der Waals surface area contributed by atoms with Gasteiger partial charge in [-0.1, -0.05) is 33.6 Å². The summed E-state index contributed by atoms with van der Waals surface area (Å²) >= 11 is 1.14. The monoisotopic (exact) mass is 405 g/mol. The van der Waals surface area contributed by atoms with Gasteiger partial charge in [0.2, 0.25) is 0 Å². The molecule has 0 spiro atoms. The summed E-state index contributed by atoms with van der Waals surface area (Å²) in [6.07, 6.45) is 4.09. The number of aromatic nitrogens is 2. The Bertz CT molecular complexity index is 901. The fraction of sp³-hybridized carbons (Fsp3) is 0.500. The largest absolute Gasteiger partial charge is 0.481 e. The van der Waals surface area contributed by atoms with Crippen molar-refractivity contribution in [2.75, 3.05) is 5.32 Å². The van der Waals surface area contributed by atoms with E-state index < -0.39 is 11.9 Å². The maximum absolute atomic E-state index is 13.0. The average molecular weight is 406 g/mol. The minimum Gasteiger partial charge on any atom is -0.481 e. The molecule has 7 nitrogen and oxygen atoms in total. The smallest absolute Gasteiger partial charge is 0.309 e. The van der Waals surface area contributed by atoms with Gasteiger partial charge in [0.05, 0.1) is 12.1 Å². The molecular formula is C20H27N3O4S. The van der Waals surface area contributed by atoms with Crippen molar-refractivity contribution < 1.29 is 14.7 Å². The lowest BCUT2D eigenvalue weighted by molar-refractivity contribution is -0.136. The van der Waals surface area contributed by atoms with Crippen LogP contribution in [-0.2, 0) is 30.6 Å². The third-order valence-corrected chi connectivity index (χ3v) is 5.25. The highest BCUT2D eigenvalue weighted by Gasteiger charge is 2.19. The van der Waals surface area contributed by atoms with Gasteiger partial charge in [-0.05, 0) is 30.9 Å². The fourth-order valence-corrected chi connectivity index (χ4v) is 3.78. The van der Waals surface area contributed by atoms with Crippen molar-refractivity contribution in [2.45, 2.75) is 65.8 Å². The lowest BCUT2D eigenvalue weighted by Crippen LogP contribution is -2.32. The number of carbonyl (C=O) groups is 2. The Kier molecular flexibility index (Phi) is 7.92. The van der Waals surface area contributed by atoms with Crippen LogP contribution in [0.15, 0.2) is 16.2 Å². The Morgan fingerprint density at radius 3 is 2.61 bits per heavy atom. The van der Waals surface area contributed by atoms with Crippen molar-refractivity contribution in [3.05, 3.63) is 44.3 Å². The topological polar surface area (TPSA) is 101 Å². The van der Waals surface area contributed by atoms with Gasteiger partial charge < -0.3 is 9.67 Å². The maximum Gasteiger partial charge on any atom is 0.309 e. The van der Waals surface area contributed by atoms with E-state index >= 15 is 0 Å². The first-order valence-electron chi connectivity index (χ1n) is 9.64. The number of anilines is 1. The molecule has 152 valence electrons. The van der Waals surface area contributed by atoms with Gasteiger partial charge in [0.15, 0.2) is 5.13 Å². The minimum absolute atomic E-state index is 0.0998. The normalized spacial score (nSPS) is 10.8. The molecule has 0 aromatic carbocycles. The number of nitrogens with one attached hydrogen (secondary N) is 1. The van der Waals surface area contributed by atoms with Gasteiger partial charge in [-0.3, -0.25) is 19.7 Å². The first kappa shape index (κ1) is 21.8. The lowest BCUT2D eigenvalue weighted by Gasteiger charge is -2.18. The summed E-state index contributed by atoms with van der Waals surface area (Å²) < 4.78 is 1.75. The highest BCUT2D eigenvalue weighted by Crippen LogP contribution is 2.18. The standard InChI is InChI=1S/C20H27N3O4S/c1-4-7-9-23-16(8-5-2)13(6-3)10-15(19(23)27)18(26)22-20-21-14(12-28-20)11-17(24)25/h10,12H,4-9,11H2,1-3H3,(H,24,25)(H,21,22,26). The number of hydrogen-bond acceptors (Lipinski definition) is 5. The van der Waals surface area contributed by atoms with Crippen LogP contribution in [0.3, 0.4) is 0 Å². The summed E-state index contributed by atoms with van der Waals surface area (Å²) in [5, 5.41) is 13.4. The second-order valence-electron chi connectivity index (χ2n) is 6.61. The van der Waals surface area contributed by atoms with Crippen molar-refractivity contribution in [1.82, 2.24) is 9.55 Å². The number of aryl methyl sites for hydroxylation is 1. The predicted molar refractivity (Wildman–Crippen MR) is 110 cm³/mol. The van der Waals surface area contributed by atoms with Gasteiger partial charge in [-0.25, -0.2) is 4.98 Å². The third-order valence-electron chi connectivity index (χ3n) is 4.44. The number of unbranched alkanes of at least 4 members (excludes halogenated alkanes) is 1. The molecule has 2 N–H and O–H groups in total. The fourth-order valence-electron chi connectivity index (χ4n) is 3.08. The van der Waals surface area contributed by atoms with Crippen LogP contribution in [0.4, 0.5) is 5.13 Å². The third kappa shape index (κ3) is 5.28. The SMILES string of the molecule is CCCCn1c(CCC)c(CC)cc(C(=O)Nc2nc(CC(=O)O)cs2)c1=O. The van der Waals surface area contributed by atoms with Gasteiger partial charge in [0, 0.05) is 17.6 Å². The zero-order valence-corrected chi connectivity index (χ0v) is 17.4. The Hall–Kier alpha value is -2.48. The van der Waals surface area contributed by atoms with Crippen LogP contribution in [0.5, 0.6) is 0 Å². The zero-order chi connectivity index (χ0) is 20.7. The summed E-state index contributed by atoms with van der Waals surface area (Å²) in [5.41, 5.74) is 2.21. The molecule has 0 unspecified atom stereocenters. The van der Waals surface area contributed by atoms with Crippen molar-refractivity contribution in [3.63, 3.8) is 0 Å². The van der Waals surface area contributed by atoms with Crippen LogP contribution in [-0.4, -0.2) is 26.5 Å². The Morgan fingerprint density at radius 2 is 2.00 bits per heavy atom. The van der Waals surface area contributed by atoms with E-state index in [2.05, 4.69) is 24.1 Å². The molecule has 0 radical (unpaired) electrons. The van der Waals surface area contributed by atoms with Gasteiger partial charge in [-0.15, -0.1) is 11.3 Å². The number of rotatable bonds is 10. The molecule has 28 heavy (non-hydrogen) atoms. The molecule has 0 aliphatic carbocycles. The molecule has 0 aliphatic heterocycles. The number of thiazole rings is 1. The molecule has 0 atom stereocenters. The second-order valence-corrected chi connectivity index (χ2v) is 7.47. The Balaban J connectivity index is 2.37. The molecule has 0 saturated carbocycles. The van der Waals surface area contributed by atoms with Crippen molar-refractivity contribution in [3.8, 4) is 0 Å². The van der Waals surface area contributed by atoms with Crippen LogP contribution in [0.1, 0.15) is 67.3 Å². The number of hydrogen-bond donors (Lipinski definition) is 2. The number of aliphatic carboxylic acids is 1. The number of pyridine rings is 1. The average Bonchev–Trinajstić information content (AvgIpc) is 3.07. The van der Waals surface area contributed by atoms with E-state index in [4.69, 9.17) is 5.11 Å². The molecule has 0 bridgehead atoms. The van der Waals surface area contributed by atoms with Crippen LogP contribution in [0, 0.1) is 0 Å². The number of carboxylic acid groups (broad SMARTS) is 1. The van der Waals surface area contributed by atoms with Crippen molar-refractivity contribution >= 4 is 28.3 Å². The first-order valence-corrected chi connectivity index (χ1v) is 10.5. The second kappa shape index (κ2) is 10.2. The van der Waals surface area contributed by atoms with E-state index in [1.165, 1.54) is 0 Å². The van der Waals surface area contributed by atoms with E-state index in [0.717, 1.165) is 54.7 Å². The minimum atomic E-state index is -0.985. The van der Waals surface area contributed by atoms with E-state index in [-0.39, 0.29) is 22.7 Å². The summed E-state index contributed by atoms with van der Waals surface area (Å²) in [7, 11) is 0. The number of carbonyl (C=O) groups excluding carboxylic acids is 1. The summed E-state index contributed by atoms with van der Waals surface area (Å²) in [4.78, 5) is 40.7. The molecular weight excluding hydrogens is 378 g/mol. The van der Waals surface area contributed by atoms with Crippen molar-refractivity contribution in [2.24, 2.45) is 0 Å². The molecule has 2 aromatic heterocycles. The Morgan fingerprint density at radius 1 is 1.25 bits per heavy atom. The molecule has 0 saturated heterocycles. The Labute approximate surface area is 168 Å². The molecule has 2 aromatic rings. The van der Waals surface area contributed by atoms with Crippen molar-refractivity contribution in [1.29, 1.82) is 0 Å². The summed E-state index contributed by atoms with van der Waals surface area (Å²) in [6.45, 7) is 6.76. The van der Waals surface area contributed by atoms with E-state index in [9.17, 15) is 14.4 Å². The first-order chi connectivity index (χ1) is 13.4. The number of carboxylic acids is 1. The molecule has 0 fully saturated rings. The van der Waals surface area contributed by atoms with Crippen LogP contribution >= 0.6 is 11.3 Å². The molecule has 2 heterocycles. The summed E-state index contributed by atoms with van der Waals surface area (Å²) in [6, 6.07) is 1.69. The molecule has 8 heteroatoms. The molecule has 1 amide bonds. The number of nitrogens with zero attached hydrogens (tertiary/aromatic N) is 2. The van der Waals surface area contributed by atoms with Crippen LogP contribution < -0.4 is 10.9 Å². The van der Waals surface area contributed by atoms with Gasteiger partial charge in [-0.2, -0.15) is 0 Å². The zero-order valence-electron chi connectivity index (χ0n) is 16.6. The van der Waals surface area contributed by atoms with E-state index in [1.54, 1.807) is 16.0 Å². The van der Waals surface area contributed by atoms with Gasteiger partial charge in [0.1, 0.15) is 5.56 Å². The van der Waals surface area contributed by atoms with Crippen LogP contribution in [0.25, 0.3) is 0 Å². The quantitative estimate of drug-likeness (QED) is 0.630. The lowest BCUT2D eigenvalue weighted by atomic mass is 10.0. The van der Waals surface area contributed by atoms with Gasteiger partial charge in [0.25, 0.3) is 11.5 Å². The van der Waals surface area contributed by atoms with E-state index in [0.29, 0.717) is 12.2 Å². The van der Waals surface area contributed by atoms with E-state index in [1.807, 2.05) is 6.92 Å². The van der Waals surface area contributed by atoms with Crippen LogP contribution in [0.2, 0.25) is 0 Å². The summed E-state index contributed by atoms with van der Waals surface area (Å²) in [5.74, 6) is -1.50. The highest BCUT2D eigenvalue weighted by molar-refractivity contribution is 7.14. The molecule has 2 rings (SSSR count). The number of amides is 1.